The van der Waals surface area contributed by atoms with Crippen LogP contribution in [0.2, 0.25) is 0 Å². The van der Waals surface area contributed by atoms with Crippen LogP contribution in [0.15, 0.2) is 59.5 Å². The highest BCUT2D eigenvalue weighted by Crippen LogP contribution is 2.22. The number of hydrogen-bond donors (Lipinski definition) is 1. The summed E-state index contributed by atoms with van der Waals surface area (Å²) in [4.78, 5) is 0.295. The Kier molecular flexibility index (Phi) is 3.94. The van der Waals surface area contributed by atoms with E-state index < -0.39 is 10.0 Å². The Labute approximate surface area is 124 Å². The average molecular weight is 303 g/mol. The molecule has 0 aliphatic heterocycles. The maximum Gasteiger partial charge on any atom is 0.240 e. The van der Waals surface area contributed by atoms with Gasteiger partial charge in [-0.05, 0) is 42.7 Å². The zero-order chi connectivity index (χ0) is 14.7. The standard InChI is InChI=1S/C16H17NO3S/c18-21(19,17-14-9-10-14)16-8-4-5-13(11-16)12-20-15-6-2-1-3-7-15/h1-8,11,14,17H,9-10,12H2. The summed E-state index contributed by atoms with van der Waals surface area (Å²) in [7, 11) is -3.41. The van der Waals surface area contributed by atoms with Crippen molar-refractivity contribution in [2.75, 3.05) is 0 Å². The Morgan fingerprint density at radius 1 is 1.05 bits per heavy atom. The summed E-state index contributed by atoms with van der Waals surface area (Å²) in [6.45, 7) is 0.344. The number of hydrogen-bond acceptors (Lipinski definition) is 3. The van der Waals surface area contributed by atoms with Crippen molar-refractivity contribution in [1.29, 1.82) is 0 Å². The van der Waals surface area contributed by atoms with E-state index in [2.05, 4.69) is 4.72 Å². The molecule has 0 amide bonds. The first-order valence-corrected chi connectivity index (χ1v) is 8.41. The zero-order valence-corrected chi connectivity index (χ0v) is 12.3. The van der Waals surface area contributed by atoms with E-state index in [4.69, 9.17) is 4.74 Å². The first-order valence-electron chi connectivity index (χ1n) is 6.93. The molecular weight excluding hydrogens is 286 g/mol. The second kappa shape index (κ2) is 5.87. The van der Waals surface area contributed by atoms with Gasteiger partial charge in [-0.1, -0.05) is 30.3 Å². The lowest BCUT2D eigenvalue weighted by molar-refractivity contribution is 0.306. The minimum atomic E-state index is -3.41. The molecular formula is C16H17NO3S. The van der Waals surface area contributed by atoms with Crippen molar-refractivity contribution in [3.8, 4) is 5.75 Å². The van der Waals surface area contributed by atoms with Crippen LogP contribution in [0, 0.1) is 0 Å². The molecule has 2 aromatic carbocycles. The second-order valence-corrected chi connectivity index (χ2v) is 6.86. The lowest BCUT2D eigenvalue weighted by atomic mass is 10.2. The summed E-state index contributed by atoms with van der Waals surface area (Å²) in [6.07, 6.45) is 1.85. The van der Waals surface area contributed by atoms with Crippen LogP contribution in [-0.2, 0) is 16.6 Å². The maximum atomic E-state index is 12.2. The molecule has 0 spiro atoms. The SMILES string of the molecule is O=S(=O)(NC1CC1)c1cccc(COc2ccccc2)c1. The van der Waals surface area contributed by atoms with Gasteiger partial charge in [0.1, 0.15) is 12.4 Å². The lowest BCUT2D eigenvalue weighted by Gasteiger charge is -2.09. The monoisotopic (exact) mass is 303 g/mol. The number of para-hydroxylation sites is 1. The fraction of sp³-hybridized carbons (Fsp3) is 0.250. The molecule has 0 unspecified atom stereocenters. The van der Waals surface area contributed by atoms with Crippen LogP contribution in [0.1, 0.15) is 18.4 Å². The normalized spacial score (nSPS) is 14.9. The van der Waals surface area contributed by atoms with E-state index >= 15 is 0 Å². The first kappa shape index (κ1) is 14.1. The van der Waals surface area contributed by atoms with E-state index in [-0.39, 0.29) is 6.04 Å². The zero-order valence-electron chi connectivity index (χ0n) is 11.5. The molecule has 0 atom stereocenters. The molecule has 110 valence electrons. The van der Waals surface area contributed by atoms with Gasteiger partial charge in [0.05, 0.1) is 4.90 Å². The largest absolute Gasteiger partial charge is 0.489 e. The van der Waals surface area contributed by atoms with E-state index in [1.165, 1.54) is 0 Å². The van der Waals surface area contributed by atoms with Crippen molar-refractivity contribution >= 4 is 10.0 Å². The van der Waals surface area contributed by atoms with Crippen LogP contribution < -0.4 is 9.46 Å². The van der Waals surface area contributed by atoms with E-state index in [1.807, 2.05) is 36.4 Å². The Hall–Kier alpha value is -1.85. The summed E-state index contributed by atoms with van der Waals surface area (Å²) in [6, 6.07) is 16.4. The summed E-state index contributed by atoms with van der Waals surface area (Å²) in [5.74, 6) is 0.766. The molecule has 2 aromatic rings. The van der Waals surface area contributed by atoms with Gasteiger partial charge in [-0.15, -0.1) is 0 Å². The highest BCUT2D eigenvalue weighted by molar-refractivity contribution is 7.89. The van der Waals surface area contributed by atoms with Crippen LogP contribution in [0.5, 0.6) is 5.75 Å². The number of benzene rings is 2. The van der Waals surface area contributed by atoms with Gasteiger partial charge in [-0.2, -0.15) is 0 Å². The minimum Gasteiger partial charge on any atom is -0.489 e. The molecule has 1 aliphatic rings. The van der Waals surface area contributed by atoms with Crippen LogP contribution in [0.3, 0.4) is 0 Å². The molecule has 1 N–H and O–H groups in total. The van der Waals surface area contributed by atoms with Gasteiger partial charge in [0.15, 0.2) is 0 Å². The molecule has 0 saturated heterocycles. The number of ether oxygens (including phenoxy) is 1. The minimum absolute atomic E-state index is 0.110. The molecule has 5 heteroatoms. The molecule has 0 bridgehead atoms. The van der Waals surface area contributed by atoms with Crippen molar-refractivity contribution < 1.29 is 13.2 Å². The Morgan fingerprint density at radius 2 is 1.81 bits per heavy atom. The molecule has 1 aliphatic carbocycles. The van der Waals surface area contributed by atoms with Crippen molar-refractivity contribution in [1.82, 2.24) is 4.72 Å². The van der Waals surface area contributed by atoms with E-state index in [0.29, 0.717) is 11.5 Å². The maximum absolute atomic E-state index is 12.2. The van der Waals surface area contributed by atoms with Crippen molar-refractivity contribution in [3.63, 3.8) is 0 Å². The van der Waals surface area contributed by atoms with Crippen molar-refractivity contribution in [2.45, 2.75) is 30.4 Å². The topological polar surface area (TPSA) is 55.4 Å². The van der Waals surface area contributed by atoms with Gasteiger partial charge in [0.2, 0.25) is 10.0 Å². The third kappa shape index (κ3) is 3.83. The number of rotatable bonds is 6. The number of nitrogens with one attached hydrogen (secondary N) is 1. The van der Waals surface area contributed by atoms with Crippen LogP contribution >= 0.6 is 0 Å². The van der Waals surface area contributed by atoms with Gasteiger partial charge in [-0.3, -0.25) is 0 Å². The molecule has 1 saturated carbocycles. The summed E-state index contributed by atoms with van der Waals surface area (Å²) in [5.41, 5.74) is 0.831. The quantitative estimate of drug-likeness (QED) is 0.892. The summed E-state index contributed by atoms with van der Waals surface area (Å²) in [5, 5.41) is 0. The number of sulfonamides is 1. The van der Waals surface area contributed by atoms with Gasteiger partial charge in [0, 0.05) is 6.04 Å². The Balaban J connectivity index is 1.71. The van der Waals surface area contributed by atoms with E-state index in [9.17, 15) is 8.42 Å². The predicted molar refractivity (Wildman–Crippen MR) is 80.6 cm³/mol. The molecule has 0 radical (unpaired) electrons. The lowest BCUT2D eigenvalue weighted by Crippen LogP contribution is -2.25. The molecule has 3 rings (SSSR count). The van der Waals surface area contributed by atoms with Crippen LogP contribution in [0.4, 0.5) is 0 Å². The summed E-state index contributed by atoms with van der Waals surface area (Å²) < 4.78 is 32.6. The third-order valence-corrected chi connectivity index (χ3v) is 4.77. The molecule has 4 nitrogen and oxygen atoms in total. The van der Waals surface area contributed by atoms with Crippen molar-refractivity contribution in [3.05, 3.63) is 60.2 Å². The van der Waals surface area contributed by atoms with Gasteiger partial charge in [0.25, 0.3) is 0 Å². The highest BCUT2D eigenvalue weighted by Gasteiger charge is 2.27. The van der Waals surface area contributed by atoms with Gasteiger partial charge >= 0.3 is 0 Å². The Morgan fingerprint density at radius 3 is 2.52 bits per heavy atom. The van der Waals surface area contributed by atoms with Gasteiger partial charge in [-0.25, -0.2) is 13.1 Å². The van der Waals surface area contributed by atoms with Crippen LogP contribution in [0.25, 0.3) is 0 Å². The van der Waals surface area contributed by atoms with Crippen molar-refractivity contribution in [2.24, 2.45) is 0 Å². The predicted octanol–water partition coefficient (Wildman–Crippen LogP) is 2.71. The van der Waals surface area contributed by atoms with Gasteiger partial charge < -0.3 is 4.74 Å². The molecule has 0 aromatic heterocycles. The smallest absolute Gasteiger partial charge is 0.240 e. The van der Waals surface area contributed by atoms with E-state index in [0.717, 1.165) is 24.2 Å². The van der Waals surface area contributed by atoms with E-state index in [1.54, 1.807) is 18.2 Å². The fourth-order valence-corrected chi connectivity index (χ4v) is 3.35. The molecule has 1 fully saturated rings. The van der Waals surface area contributed by atoms with Crippen LogP contribution in [-0.4, -0.2) is 14.5 Å². The molecule has 21 heavy (non-hydrogen) atoms. The second-order valence-electron chi connectivity index (χ2n) is 5.14. The average Bonchev–Trinajstić information content (AvgIpc) is 3.30. The highest BCUT2D eigenvalue weighted by atomic mass is 32.2. The fourth-order valence-electron chi connectivity index (χ4n) is 1.97. The summed E-state index contributed by atoms with van der Waals surface area (Å²) >= 11 is 0. The third-order valence-electron chi connectivity index (χ3n) is 3.26. The Bertz CT molecular complexity index is 709. The molecule has 0 heterocycles. The first-order chi connectivity index (χ1) is 10.1.